The number of rotatable bonds is 5. The summed E-state index contributed by atoms with van der Waals surface area (Å²) >= 11 is 0. The smallest absolute Gasteiger partial charge is 0.323 e. The van der Waals surface area contributed by atoms with E-state index in [0.29, 0.717) is 34.3 Å². The van der Waals surface area contributed by atoms with Crippen LogP contribution < -0.4 is 15.4 Å². The lowest BCUT2D eigenvalue weighted by Crippen LogP contribution is -2.19. The zero-order valence-electron chi connectivity index (χ0n) is 17.6. The number of nitrogens with one attached hydrogen (secondary N) is 2. The fraction of sp³-hybridized carbons (Fsp3) is 0.0417. The fourth-order valence-corrected chi connectivity index (χ4v) is 3.37. The number of urea groups is 1. The Labute approximate surface area is 189 Å². The predicted octanol–water partition coefficient (Wildman–Crippen LogP) is 4.51. The molecular weight excluding hydrogens is 418 g/mol. The third kappa shape index (κ3) is 4.33. The summed E-state index contributed by atoms with van der Waals surface area (Å²) in [5, 5.41) is 18.8. The number of hydrogen-bond acceptors (Lipinski definition) is 6. The molecule has 3 heterocycles. The molecule has 0 radical (unpaired) electrons. The number of fused-ring (bicyclic) bond motifs is 1. The standard InChI is InChI=1S/C24H19N7O2/c1-33-20-9-3-8-19(14-20)27-24(32)26-18-7-2-5-16(13-18)21-10-11-22-28-29-23(31(22)30-21)17-6-4-12-25-15-17/h2-15H,1H3,(H2,26,27,32). The molecule has 0 aliphatic rings. The van der Waals surface area contributed by atoms with Crippen LogP contribution in [0.3, 0.4) is 0 Å². The van der Waals surface area contributed by atoms with Crippen LogP contribution in [0.5, 0.6) is 5.75 Å². The Morgan fingerprint density at radius 3 is 2.45 bits per heavy atom. The van der Waals surface area contributed by atoms with Crippen LogP contribution in [0.15, 0.2) is 85.2 Å². The lowest BCUT2D eigenvalue weighted by molar-refractivity contribution is 0.262. The van der Waals surface area contributed by atoms with E-state index in [2.05, 4.69) is 25.8 Å². The summed E-state index contributed by atoms with van der Waals surface area (Å²) in [6, 6.07) is 21.7. The van der Waals surface area contributed by atoms with Gasteiger partial charge in [0.1, 0.15) is 5.75 Å². The molecule has 0 saturated heterocycles. The average molecular weight is 437 g/mol. The Bertz CT molecular complexity index is 1430. The molecule has 0 aliphatic carbocycles. The van der Waals surface area contributed by atoms with Crippen molar-refractivity contribution in [1.29, 1.82) is 0 Å². The van der Waals surface area contributed by atoms with Gasteiger partial charge in [-0.15, -0.1) is 10.2 Å². The summed E-state index contributed by atoms with van der Waals surface area (Å²) in [5.74, 6) is 1.27. The second kappa shape index (κ2) is 8.75. The second-order valence-electron chi connectivity index (χ2n) is 7.15. The molecule has 0 atom stereocenters. The molecule has 0 aliphatic heterocycles. The van der Waals surface area contributed by atoms with Crippen LogP contribution in [0.25, 0.3) is 28.3 Å². The van der Waals surface area contributed by atoms with Crippen molar-refractivity contribution in [3.8, 4) is 28.4 Å². The van der Waals surface area contributed by atoms with Gasteiger partial charge in [-0.1, -0.05) is 18.2 Å². The molecular formula is C24H19N7O2. The molecule has 9 nitrogen and oxygen atoms in total. The molecule has 2 amide bonds. The number of carbonyl (C=O) groups excluding carboxylic acids is 1. The molecule has 0 unspecified atom stereocenters. The zero-order chi connectivity index (χ0) is 22.6. The maximum absolute atomic E-state index is 12.5. The minimum Gasteiger partial charge on any atom is -0.497 e. The van der Waals surface area contributed by atoms with Crippen LogP contribution in [0.4, 0.5) is 16.2 Å². The highest BCUT2D eigenvalue weighted by molar-refractivity contribution is 6.00. The summed E-state index contributed by atoms with van der Waals surface area (Å²) in [6.45, 7) is 0. The quantitative estimate of drug-likeness (QED) is 0.419. The van der Waals surface area contributed by atoms with Crippen molar-refractivity contribution < 1.29 is 9.53 Å². The van der Waals surface area contributed by atoms with Crippen LogP contribution in [-0.4, -0.2) is 37.9 Å². The van der Waals surface area contributed by atoms with Gasteiger partial charge in [0.15, 0.2) is 11.5 Å². The van der Waals surface area contributed by atoms with Gasteiger partial charge in [-0.25, -0.2) is 4.79 Å². The van der Waals surface area contributed by atoms with Crippen molar-refractivity contribution in [3.63, 3.8) is 0 Å². The number of aromatic nitrogens is 5. The maximum atomic E-state index is 12.5. The molecule has 0 saturated carbocycles. The first-order valence-electron chi connectivity index (χ1n) is 10.1. The SMILES string of the molecule is COc1cccc(NC(=O)Nc2cccc(-c3ccc4nnc(-c5cccnc5)n4n3)c2)c1. The third-order valence-corrected chi connectivity index (χ3v) is 4.93. The number of anilines is 2. The number of pyridine rings is 1. The highest BCUT2D eigenvalue weighted by Gasteiger charge is 2.12. The maximum Gasteiger partial charge on any atom is 0.323 e. The topological polar surface area (TPSA) is 106 Å². The summed E-state index contributed by atoms with van der Waals surface area (Å²) in [6.07, 6.45) is 3.42. The molecule has 0 bridgehead atoms. The monoisotopic (exact) mass is 437 g/mol. The Morgan fingerprint density at radius 2 is 1.67 bits per heavy atom. The first kappa shape index (κ1) is 20.1. The van der Waals surface area contributed by atoms with Gasteiger partial charge in [0, 0.05) is 41.0 Å². The lowest BCUT2D eigenvalue weighted by Gasteiger charge is -2.10. The molecule has 33 heavy (non-hydrogen) atoms. The number of methoxy groups -OCH3 is 1. The molecule has 0 fully saturated rings. The zero-order valence-corrected chi connectivity index (χ0v) is 17.6. The van der Waals surface area contributed by atoms with Gasteiger partial charge in [0.25, 0.3) is 0 Å². The Morgan fingerprint density at radius 1 is 0.879 bits per heavy atom. The van der Waals surface area contributed by atoms with Gasteiger partial charge in [0.05, 0.1) is 12.8 Å². The summed E-state index contributed by atoms with van der Waals surface area (Å²) in [5.41, 5.74) is 4.26. The summed E-state index contributed by atoms with van der Waals surface area (Å²) in [7, 11) is 1.58. The fourth-order valence-electron chi connectivity index (χ4n) is 3.37. The summed E-state index contributed by atoms with van der Waals surface area (Å²) in [4.78, 5) is 16.6. The van der Waals surface area contributed by atoms with E-state index in [-0.39, 0.29) is 6.03 Å². The van der Waals surface area contributed by atoms with E-state index in [4.69, 9.17) is 9.84 Å². The van der Waals surface area contributed by atoms with Crippen molar-refractivity contribution in [3.05, 3.63) is 85.2 Å². The number of nitrogens with zero attached hydrogens (tertiary/aromatic N) is 5. The van der Waals surface area contributed by atoms with Crippen LogP contribution in [-0.2, 0) is 0 Å². The largest absolute Gasteiger partial charge is 0.497 e. The Balaban J connectivity index is 1.39. The van der Waals surface area contributed by atoms with Crippen LogP contribution in [0.1, 0.15) is 0 Å². The molecule has 2 N–H and O–H groups in total. The first-order valence-corrected chi connectivity index (χ1v) is 10.1. The molecule has 0 spiro atoms. The first-order chi connectivity index (χ1) is 16.2. The summed E-state index contributed by atoms with van der Waals surface area (Å²) < 4.78 is 6.87. The van der Waals surface area contributed by atoms with Gasteiger partial charge in [-0.3, -0.25) is 4.98 Å². The highest BCUT2D eigenvalue weighted by atomic mass is 16.5. The van der Waals surface area contributed by atoms with Gasteiger partial charge in [-0.05, 0) is 48.5 Å². The van der Waals surface area contributed by atoms with E-state index < -0.39 is 0 Å². The molecule has 162 valence electrons. The van der Waals surface area contributed by atoms with Crippen LogP contribution >= 0.6 is 0 Å². The van der Waals surface area contributed by atoms with Crippen molar-refractivity contribution in [2.24, 2.45) is 0 Å². The predicted molar refractivity (Wildman–Crippen MR) is 125 cm³/mol. The lowest BCUT2D eigenvalue weighted by atomic mass is 10.1. The number of amides is 2. The van der Waals surface area contributed by atoms with Crippen molar-refractivity contribution in [2.45, 2.75) is 0 Å². The van der Waals surface area contributed by atoms with Crippen molar-refractivity contribution in [2.75, 3.05) is 17.7 Å². The minimum atomic E-state index is -0.360. The van der Waals surface area contributed by atoms with E-state index in [0.717, 1.165) is 11.1 Å². The van der Waals surface area contributed by atoms with E-state index in [1.165, 1.54) is 0 Å². The van der Waals surface area contributed by atoms with Crippen LogP contribution in [0.2, 0.25) is 0 Å². The molecule has 5 aromatic rings. The van der Waals surface area contributed by atoms with Gasteiger partial charge < -0.3 is 15.4 Å². The molecule has 3 aromatic heterocycles. The van der Waals surface area contributed by atoms with E-state index in [1.54, 1.807) is 36.2 Å². The highest BCUT2D eigenvalue weighted by Crippen LogP contribution is 2.23. The second-order valence-corrected chi connectivity index (χ2v) is 7.15. The van der Waals surface area contributed by atoms with Crippen LogP contribution in [0, 0.1) is 0 Å². The minimum absolute atomic E-state index is 0.360. The normalized spacial score (nSPS) is 10.7. The van der Waals surface area contributed by atoms with Gasteiger partial charge in [0.2, 0.25) is 0 Å². The third-order valence-electron chi connectivity index (χ3n) is 4.93. The number of ether oxygens (including phenoxy) is 1. The van der Waals surface area contributed by atoms with Gasteiger partial charge >= 0.3 is 6.03 Å². The molecule has 9 heteroatoms. The number of hydrogen-bond donors (Lipinski definition) is 2. The molecule has 2 aromatic carbocycles. The number of benzene rings is 2. The number of carbonyl (C=O) groups is 1. The van der Waals surface area contributed by atoms with Gasteiger partial charge in [-0.2, -0.15) is 9.61 Å². The van der Waals surface area contributed by atoms with E-state index in [1.807, 2.05) is 60.7 Å². The van der Waals surface area contributed by atoms with E-state index in [9.17, 15) is 4.79 Å². The Hall–Kier alpha value is -4.79. The van der Waals surface area contributed by atoms with E-state index >= 15 is 0 Å². The van der Waals surface area contributed by atoms with Crippen molar-refractivity contribution in [1.82, 2.24) is 24.8 Å². The molecule has 5 rings (SSSR count). The van der Waals surface area contributed by atoms with Crippen molar-refractivity contribution >= 4 is 23.1 Å². The Kier molecular flexibility index (Phi) is 5.34. The average Bonchev–Trinajstić information content (AvgIpc) is 3.28.